The number of rotatable bonds is 4. The van der Waals surface area contributed by atoms with Crippen LogP contribution < -0.4 is 5.32 Å². The number of hydrogen-bond donors (Lipinski definition) is 1. The summed E-state index contributed by atoms with van der Waals surface area (Å²) in [6, 6.07) is 15.0. The van der Waals surface area contributed by atoms with Gasteiger partial charge in [-0.3, -0.25) is 9.48 Å². The van der Waals surface area contributed by atoms with E-state index in [2.05, 4.69) is 10.4 Å². The van der Waals surface area contributed by atoms with Crippen molar-refractivity contribution in [2.45, 2.75) is 13.0 Å². The van der Waals surface area contributed by atoms with Crippen LogP contribution >= 0.6 is 0 Å². The molecular weight excluding hydrogens is 293 g/mol. The first-order valence-electron chi connectivity index (χ1n) is 7.29. The van der Waals surface area contributed by atoms with E-state index in [-0.39, 0.29) is 11.7 Å². The van der Waals surface area contributed by atoms with Crippen LogP contribution in [-0.4, -0.2) is 15.7 Å². The predicted molar refractivity (Wildman–Crippen MR) is 87.4 cm³/mol. The summed E-state index contributed by atoms with van der Waals surface area (Å²) in [5.41, 5.74) is 2.55. The summed E-state index contributed by atoms with van der Waals surface area (Å²) in [6.07, 6.45) is 3.57. The van der Waals surface area contributed by atoms with E-state index in [9.17, 15) is 9.18 Å². The fourth-order valence-electron chi connectivity index (χ4n) is 2.23. The maximum atomic E-state index is 12.9. The standard InChI is InChI=1S/C18H16FN3O/c1-13(18(23)21-17-9-7-16(19)8-10-17)22-12-15(11-20-22)14-5-3-2-4-6-14/h2-13H,1H3,(H,21,23)/t13-/m0/s1. The molecule has 1 aromatic heterocycles. The minimum absolute atomic E-state index is 0.209. The molecule has 0 spiro atoms. The quantitative estimate of drug-likeness (QED) is 0.795. The third kappa shape index (κ3) is 3.45. The molecule has 0 bridgehead atoms. The van der Waals surface area contributed by atoms with Gasteiger partial charge in [-0.2, -0.15) is 5.10 Å². The van der Waals surface area contributed by atoms with Crippen LogP contribution in [0.25, 0.3) is 11.1 Å². The van der Waals surface area contributed by atoms with Crippen LogP contribution in [0.2, 0.25) is 0 Å². The third-order valence-corrected chi connectivity index (χ3v) is 3.60. The van der Waals surface area contributed by atoms with Gasteiger partial charge in [0.1, 0.15) is 11.9 Å². The van der Waals surface area contributed by atoms with Crippen molar-refractivity contribution in [1.82, 2.24) is 9.78 Å². The van der Waals surface area contributed by atoms with Gasteiger partial charge in [0, 0.05) is 17.4 Å². The largest absolute Gasteiger partial charge is 0.324 e. The van der Waals surface area contributed by atoms with Gasteiger partial charge in [-0.1, -0.05) is 30.3 Å². The molecule has 1 N–H and O–H groups in total. The molecule has 116 valence electrons. The molecule has 0 fully saturated rings. The second kappa shape index (κ2) is 6.44. The van der Waals surface area contributed by atoms with Gasteiger partial charge in [-0.05, 0) is 36.8 Å². The van der Waals surface area contributed by atoms with E-state index >= 15 is 0 Å². The zero-order valence-corrected chi connectivity index (χ0v) is 12.6. The lowest BCUT2D eigenvalue weighted by Crippen LogP contribution is -2.23. The lowest BCUT2D eigenvalue weighted by molar-refractivity contribution is -0.119. The predicted octanol–water partition coefficient (Wildman–Crippen LogP) is 3.89. The number of carbonyl (C=O) groups is 1. The molecular formula is C18H16FN3O. The topological polar surface area (TPSA) is 46.9 Å². The van der Waals surface area contributed by atoms with Crippen molar-refractivity contribution in [3.8, 4) is 11.1 Å². The molecule has 0 radical (unpaired) electrons. The van der Waals surface area contributed by atoms with Crippen LogP contribution in [0.5, 0.6) is 0 Å². The van der Waals surface area contributed by atoms with Crippen molar-refractivity contribution in [2.24, 2.45) is 0 Å². The number of anilines is 1. The average molecular weight is 309 g/mol. The summed E-state index contributed by atoms with van der Waals surface area (Å²) in [4.78, 5) is 12.3. The minimum Gasteiger partial charge on any atom is -0.324 e. The number of nitrogens with zero attached hydrogens (tertiary/aromatic N) is 2. The smallest absolute Gasteiger partial charge is 0.248 e. The molecule has 1 amide bonds. The lowest BCUT2D eigenvalue weighted by Gasteiger charge is -2.12. The molecule has 1 atom stereocenters. The number of halogens is 1. The highest BCUT2D eigenvalue weighted by molar-refractivity contribution is 5.93. The fourth-order valence-corrected chi connectivity index (χ4v) is 2.23. The zero-order valence-electron chi connectivity index (χ0n) is 12.6. The molecule has 4 nitrogen and oxygen atoms in total. The van der Waals surface area contributed by atoms with Gasteiger partial charge in [-0.25, -0.2) is 4.39 Å². The second-order valence-electron chi connectivity index (χ2n) is 5.25. The first-order valence-corrected chi connectivity index (χ1v) is 7.29. The Morgan fingerprint density at radius 2 is 1.78 bits per heavy atom. The summed E-state index contributed by atoms with van der Waals surface area (Å²) < 4.78 is 14.5. The van der Waals surface area contributed by atoms with Gasteiger partial charge in [0.15, 0.2) is 0 Å². The molecule has 0 aliphatic rings. The van der Waals surface area contributed by atoms with E-state index < -0.39 is 6.04 Å². The summed E-state index contributed by atoms with van der Waals surface area (Å²) in [5, 5.41) is 7.02. The molecule has 0 unspecified atom stereocenters. The molecule has 0 saturated carbocycles. The van der Waals surface area contributed by atoms with E-state index in [1.54, 1.807) is 17.8 Å². The number of carbonyl (C=O) groups excluding carboxylic acids is 1. The Balaban J connectivity index is 1.72. The molecule has 0 saturated heterocycles. The Bertz CT molecular complexity index is 797. The van der Waals surface area contributed by atoms with E-state index in [1.165, 1.54) is 24.3 Å². The normalized spacial score (nSPS) is 11.9. The molecule has 1 heterocycles. The number of aromatic nitrogens is 2. The van der Waals surface area contributed by atoms with Gasteiger partial charge in [0.05, 0.1) is 6.20 Å². The highest BCUT2D eigenvalue weighted by atomic mass is 19.1. The van der Waals surface area contributed by atoms with Crippen molar-refractivity contribution in [3.63, 3.8) is 0 Å². The minimum atomic E-state index is -0.475. The highest BCUT2D eigenvalue weighted by Gasteiger charge is 2.16. The Labute approximate surface area is 133 Å². The first-order chi connectivity index (χ1) is 11.1. The van der Waals surface area contributed by atoms with E-state index in [0.717, 1.165) is 11.1 Å². The molecule has 0 aliphatic heterocycles. The fraction of sp³-hybridized carbons (Fsp3) is 0.111. The van der Waals surface area contributed by atoms with E-state index in [0.29, 0.717) is 5.69 Å². The van der Waals surface area contributed by atoms with Crippen LogP contribution in [0.3, 0.4) is 0 Å². The molecule has 3 aromatic rings. The Morgan fingerprint density at radius 3 is 2.48 bits per heavy atom. The average Bonchev–Trinajstić information content (AvgIpc) is 3.07. The van der Waals surface area contributed by atoms with Gasteiger partial charge in [0.25, 0.3) is 0 Å². The van der Waals surface area contributed by atoms with Crippen molar-refractivity contribution < 1.29 is 9.18 Å². The molecule has 5 heteroatoms. The summed E-state index contributed by atoms with van der Waals surface area (Å²) >= 11 is 0. The lowest BCUT2D eigenvalue weighted by atomic mass is 10.1. The third-order valence-electron chi connectivity index (χ3n) is 3.60. The van der Waals surface area contributed by atoms with Gasteiger partial charge >= 0.3 is 0 Å². The van der Waals surface area contributed by atoms with E-state index in [4.69, 9.17) is 0 Å². The van der Waals surface area contributed by atoms with Gasteiger partial charge in [-0.15, -0.1) is 0 Å². The molecule has 23 heavy (non-hydrogen) atoms. The second-order valence-corrected chi connectivity index (χ2v) is 5.25. The number of amides is 1. The van der Waals surface area contributed by atoms with E-state index in [1.807, 2.05) is 36.5 Å². The maximum absolute atomic E-state index is 12.9. The Hall–Kier alpha value is -2.95. The summed E-state index contributed by atoms with van der Waals surface area (Å²) in [6.45, 7) is 1.76. The van der Waals surface area contributed by atoms with Crippen LogP contribution in [0.15, 0.2) is 67.0 Å². The van der Waals surface area contributed by atoms with Crippen LogP contribution in [0, 0.1) is 5.82 Å². The van der Waals surface area contributed by atoms with Crippen molar-refractivity contribution in [1.29, 1.82) is 0 Å². The number of hydrogen-bond acceptors (Lipinski definition) is 2. The molecule has 2 aromatic carbocycles. The van der Waals surface area contributed by atoms with Crippen molar-refractivity contribution in [2.75, 3.05) is 5.32 Å². The Morgan fingerprint density at radius 1 is 1.09 bits per heavy atom. The summed E-state index contributed by atoms with van der Waals surface area (Å²) in [5.74, 6) is -0.546. The summed E-state index contributed by atoms with van der Waals surface area (Å²) in [7, 11) is 0. The first kappa shape index (κ1) is 15.0. The van der Waals surface area contributed by atoms with Gasteiger partial charge in [0.2, 0.25) is 5.91 Å². The van der Waals surface area contributed by atoms with Crippen LogP contribution in [0.4, 0.5) is 10.1 Å². The van der Waals surface area contributed by atoms with Crippen LogP contribution in [-0.2, 0) is 4.79 Å². The van der Waals surface area contributed by atoms with Crippen LogP contribution in [0.1, 0.15) is 13.0 Å². The van der Waals surface area contributed by atoms with Crippen molar-refractivity contribution >= 4 is 11.6 Å². The zero-order chi connectivity index (χ0) is 16.2. The number of benzene rings is 2. The van der Waals surface area contributed by atoms with Crippen molar-refractivity contribution in [3.05, 3.63) is 72.8 Å². The number of nitrogens with one attached hydrogen (secondary N) is 1. The Kier molecular flexibility index (Phi) is 4.19. The molecule has 0 aliphatic carbocycles. The highest BCUT2D eigenvalue weighted by Crippen LogP contribution is 2.20. The monoisotopic (exact) mass is 309 g/mol. The SMILES string of the molecule is C[C@@H](C(=O)Nc1ccc(F)cc1)n1cc(-c2ccccc2)cn1. The maximum Gasteiger partial charge on any atom is 0.248 e. The van der Waals surface area contributed by atoms with Gasteiger partial charge < -0.3 is 5.32 Å². The molecule has 3 rings (SSSR count).